The average Bonchev–Trinajstić information content (AvgIpc) is 2.62. The highest BCUT2D eigenvalue weighted by molar-refractivity contribution is 5.84. The van der Waals surface area contributed by atoms with Crippen molar-refractivity contribution in [2.24, 2.45) is 0 Å². The van der Waals surface area contributed by atoms with Crippen molar-refractivity contribution < 1.29 is 14.7 Å². The van der Waals surface area contributed by atoms with Crippen LogP contribution >= 0.6 is 0 Å². The molecule has 0 aromatic heterocycles. The summed E-state index contributed by atoms with van der Waals surface area (Å²) in [7, 11) is 0. The molecule has 0 aliphatic heterocycles. The van der Waals surface area contributed by atoms with E-state index in [1.54, 1.807) is 6.92 Å². The number of carboxylic acids is 1. The van der Waals surface area contributed by atoms with Gasteiger partial charge in [0.05, 0.1) is 12.1 Å². The molecule has 2 aromatic rings. The molecule has 4 heteroatoms. The maximum atomic E-state index is 12.3. The molecule has 0 saturated heterocycles. The summed E-state index contributed by atoms with van der Waals surface area (Å²) in [6.45, 7) is 1.80. The van der Waals surface area contributed by atoms with Crippen LogP contribution in [0.3, 0.4) is 0 Å². The molecule has 2 N–H and O–H groups in total. The van der Waals surface area contributed by atoms with Crippen LogP contribution in [-0.4, -0.2) is 22.9 Å². The van der Waals surface area contributed by atoms with E-state index < -0.39 is 12.0 Å². The molecule has 0 saturated carbocycles. The fourth-order valence-corrected chi connectivity index (χ4v) is 2.73. The minimum atomic E-state index is -0.887. The summed E-state index contributed by atoms with van der Waals surface area (Å²) in [6.07, 6.45) is 0.644. The highest BCUT2D eigenvalue weighted by atomic mass is 16.4. The summed E-state index contributed by atoms with van der Waals surface area (Å²) in [4.78, 5) is 23.2. The Hall–Kier alpha value is -2.46. The molecule has 0 aliphatic carbocycles. The summed E-state index contributed by atoms with van der Waals surface area (Å²) in [5, 5.41) is 12.3. The first kappa shape index (κ1) is 17.9. The topological polar surface area (TPSA) is 66.4 Å². The second-order valence-electron chi connectivity index (χ2n) is 5.73. The molecule has 2 aromatic carbocycles. The molecule has 126 valence electrons. The van der Waals surface area contributed by atoms with E-state index in [0.29, 0.717) is 6.42 Å². The molecule has 0 amide bonds. The third-order valence-electron chi connectivity index (χ3n) is 4.02. The van der Waals surface area contributed by atoms with Gasteiger partial charge in [-0.25, -0.2) is 0 Å². The summed E-state index contributed by atoms with van der Waals surface area (Å²) in [6, 6.07) is 19.1. The summed E-state index contributed by atoms with van der Waals surface area (Å²) < 4.78 is 0. The zero-order chi connectivity index (χ0) is 17.4. The van der Waals surface area contributed by atoms with E-state index in [2.05, 4.69) is 5.32 Å². The smallest absolute Gasteiger partial charge is 0.303 e. The first-order valence-electron chi connectivity index (χ1n) is 8.22. The summed E-state index contributed by atoms with van der Waals surface area (Å²) in [5.41, 5.74) is 2.10. The van der Waals surface area contributed by atoms with E-state index in [1.165, 1.54) is 0 Å². The second kappa shape index (κ2) is 8.99. The van der Waals surface area contributed by atoms with E-state index in [9.17, 15) is 9.59 Å². The van der Waals surface area contributed by atoms with Gasteiger partial charge in [0, 0.05) is 12.8 Å². The monoisotopic (exact) mass is 325 g/mol. The number of aliphatic carboxylic acids is 1. The fourth-order valence-electron chi connectivity index (χ4n) is 2.73. The van der Waals surface area contributed by atoms with Crippen molar-refractivity contribution in [3.63, 3.8) is 0 Å². The minimum Gasteiger partial charge on any atom is -0.481 e. The quantitative estimate of drug-likeness (QED) is 0.739. The predicted octanol–water partition coefficient (Wildman–Crippen LogP) is 3.58. The number of rotatable bonds is 9. The molecule has 0 aliphatic rings. The lowest BCUT2D eigenvalue weighted by Crippen LogP contribution is -2.39. The number of nitrogens with one attached hydrogen (secondary N) is 1. The van der Waals surface area contributed by atoms with E-state index >= 15 is 0 Å². The highest BCUT2D eigenvalue weighted by Gasteiger charge is 2.23. The number of benzene rings is 2. The SMILES string of the molecule is CCC(=O)C(CCC(=O)O)NC(c1ccccc1)c1ccccc1. The zero-order valence-electron chi connectivity index (χ0n) is 13.8. The number of carbonyl (C=O) groups excluding carboxylic acids is 1. The van der Waals surface area contributed by atoms with Crippen molar-refractivity contribution >= 4 is 11.8 Å². The zero-order valence-corrected chi connectivity index (χ0v) is 13.8. The Kier molecular flexibility index (Phi) is 6.70. The van der Waals surface area contributed by atoms with Crippen LogP contribution in [0.15, 0.2) is 60.7 Å². The maximum absolute atomic E-state index is 12.3. The molecular weight excluding hydrogens is 302 g/mol. The van der Waals surface area contributed by atoms with E-state index in [4.69, 9.17) is 5.11 Å². The summed E-state index contributed by atoms with van der Waals surface area (Å²) in [5.74, 6) is -0.852. The first-order valence-corrected chi connectivity index (χ1v) is 8.22. The molecule has 24 heavy (non-hydrogen) atoms. The van der Waals surface area contributed by atoms with Gasteiger partial charge in [-0.3, -0.25) is 14.9 Å². The average molecular weight is 325 g/mol. The summed E-state index contributed by atoms with van der Waals surface area (Å²) >= 11 is 0. The Bertz CT molecular complexity index is 616. The third-order valence-corrected chi connectivity index (χ3v) is 4.02. The van der Waals surface area contributed by atoms with Crippen LogP contribution in [0, 0.1) is 0 Å². The third kappa shape index (κ3) is 5.03. The lowest BCUT2D eigenvalue weighted by Gasteiger charge is -2.25. The molecule has 2 rings (SSSR count). The number of hydrogen-bond donors (Lipinski definition) is 2. The number of hydrogen-bond acceptors (Lipinski definition) is 3. The van der Waals surface area contributed by atoms with Crippen molar-refractivity contribution in [3.05, 3.63) is 71.8 Å². The normalized spacial score (nSPS) is 12.1. The Morgan fingerprint density at radius 3 is 1.88 bits per heavy atom. The van der Waals surface area contributed by atoms with Gasteiger partial charge >= 0.3 is 5.97 Å². The van der Waals surface area contributed by atoms with Crippen molar-refractivity contribution in [1.82, 2.24) is 5.32 Å². The van der Waals surface area contributed by atoms with Crippen LogP contribution in [0.2, 0.25) is 0 Å². The number of carboxylic acid groups (broad SMARTS) is 1. The minimum absolute atomic E-state index is 0.0281. The lowest BCUT2D eigenvalue weighted by atomic mass is 9.95. The lowest BCUT2D eigenvalue weighted by molar-refractivity contribution is -0.137. The Balaban J connectivity index is 2.28. The van der Waals surface area contributed by atoms with Gasteiger partial charge in [0.1, 0.15) is 5.78 Å². The van der Waals surface area contributed by atoms with Gasteiger partial charge in [-0.15, -0.1) is 0 Å². The molecule has 4 nitrogen and oxygen atoms in total. The largest absolute Gasteiger partial charge is 0.481 e. The van der Waals surface area contributed by atoms with E-state index in [-0.39, 0.29) is 24.7 Å². The second-order valence-corrected chi connectivity index (χ2v) is 5.73. The van der Waals surface area contributed by atoms with Gasteiger partial charge in [0.2, 0.25) is 0 Å². The molecule has 0 spiro atoms. The van der Waals surface area contributed by atoms with Crippen molar-refractivity contribution in [2.45, 2.75) is 38.3 Å². The first-order chi connectivity index (χ1) is 11.6. The number of ketones is 1. The molecule has 1 unspecified atom stereocenters. The predicted molar refractivity (Wildman–Crippen MR) is 93.8 cm³/mol. The highest BCUT2D eigenvalue weighted by Crippen LogP contribution is 2.23. The Morgan fingerprint density at radius 2 is 1.46 bits per heavy atom. The van der Waals surface area contributed by atoms with Crippen LogP contribution in [0.4, 0.5) is 0 Å². The number of Topliss-reactive ketones (excluding diaryl/α,β-unsaturated/α-hetero) is 1. The van der Waals surface area contributed by atoms with Crippen molar-refractivity contribution in [1.29, 1.82) is 0 Å². The molecule has 0 fully saturated rings. The van der Waals surface area contributed by atoms with Gasteiger partial charge in [-0.2, -0.15) is 0 Å². The van der Waals surface area contributed by atoms with Gasteiger partial charge in [0.25, 0.3) is 0 Å². The van der Waals surface area contributed by atoms with Crippen molar-refractivity contribution in [2.75, 3.05) is 0 Å². The van der Waals surface area contributed by atoms with E-state index in [1.807, 2.05) is 60.7 Å². The van der Waals surface area contributed by atoms with Gasteiger partial charge in [0.15, 0.2) is 0 Å². The van der Waals surface area contributed by atoms with E-state index in [0.717, 1.165) is 11.1 Å². The van der Waals surface area contributed by atoms with Crippen LogP contribution < -0.4 is 5.32 Å². The molecule has 0 bridgehead atoms. The Morgan fingerprint density at radius 1 is 0.958 bits per heavy atom. The Labute approximate surface area is 142 Å². The fraction of sp³-hybridized carbons (Fsp3) is 0.300. The van der Waals surface area contributed by atoms with Crippen LogP contribution in [0.1, 0.15) is 43.4 Å². The molecular formula is C20H23NO3. The van der Waals surface area contributed by atoms with Gasteiger partial charge in [-0.1, -0.05) is 67.6 Å². The van der Waals surface area contributed by atoms with Crippen LogP contribution in [0.5, 0.6) is 0 Å². The van der Waals surface area contributed by atoms with Gasteiger partial charge < -0.3 is 5.11 Å². The molecule has 0 heterocycles. The van der Waals surface area contributed by atoms with Gasteiger partial charge in [-0.05, 0) is 17.5 Å². The van der Waals surface area contributed by atoms with Crippen LogP contribution in [0.25, 0.3) is 0 Å². The molecule has 0 radical (unpaired) electrons. The standard InChI is InChI=1S/C20H23NO3/c1-2-18(22)17(13-14-19(23)24)21-20(15-9-5-3-6-10-15)16-11-7-4-8-12-16/h3-12,17,20-21H,2,13-14H2,1H3,(H,23,24). The number of carbonyl (C=O) groups is 2. The van der Waals surface area contributed by atoms with Crippen molar-refractivity contribution in [3.8, 4) is 0 Å². The van der Waals surface area contributed by atoms with Crippen LogP contribution in [-0.2, 0) is 9.59 Å². The molecule has 1 atom stereocenters. The maximum Gasteiger partial charge on any atom is 0.303 e.